The molecular weight excluding hydrogens is 290 g/mol. The first-order valence-corrected chi connectivity index (χ1v) is 6.85. The normalized spacial score (nSPS) is 11.0. The van der Waals surface area contributed by atoms with Crippen LogP contribution in [0.3, 0.4) is 0 Å². The number of benzene rings is 1. The molecule has 2 aromatic heterocycles. The number of aliphatic hydroxyl groups excluding tert-OH is 1. The molecule has 1 aromatic carbocycles. The van der Waals surface area contributed by atoms with Crippen LogP contribution >= 0.6 is 11.6 Å². The number of nitrogens with one attached hydrogen (secondary N) is 1. The van der Waals surface area contributed by atoms with Crippen LogP contribution in [0.15, 0.2) is 30.6 Å². The molecule has 0 saturated carbocycles. The second kappa shape index (κ2) is 5.67. The molecule has 0 bridgehead atoms. The van der Waals surface area contributed by atoms with E-state index in [2.05, 4.69) is 20.4 Å². The van der Waals surface area contributed by atoms with Crippen molar-refractivity contribution < 1.29 is 5.11 Å². The lowest BCUT2D eigenvalue weighted by Gasteiger charge is -2.12. The monoisotopic (exact) mass is 303 g/mol. The lowest BCUT2D eigenvalue weighted by molar-refractivity contribution is 0.282. The Morgan fingerprint density at radius 1 is 1.24 bits per heavy atom. The lowest BCUT2D eigenvalue weighted by atomic mass is 10.1. The van der Waals surface area contributed by atoms with Crippen molar-refractivity contribution in [2.75, 3.05) is 5.32 Å². The first-order chi connectivity index (χ1) is 10.2. The molecule has 0 aliphatic rings. The van der Waals surface area contributed by atoms with E-state index in [1.165, 1.54) is 6.33 Å². The molecule has 2 N–H and O–H groups in total. The summed E-state index contributed by atoms with van der Waals surface area (Å²) in [6, 6.07) is 7.73. The molecule has 0 aliphatic heterocycles. The Hall–Kier alpha value is -2.18. The number of fused-ring (bicyclic) bond motifs is 1. The van der Waals surface area contributed by atoms with E-state index in [9.17, 15) is 0 Å². The molecule has 7 heteroatoms. The average molecular weight is 304 g/mol. The van der Waals surface area contributed by atoms with Crippen molar-refractivity contribution in [2.45, 2.75) is 20.1 Å². The SMILES string of the molecule is Cc1c(Cl)nc2ncnn2c1NCc1ccc(CO)cc1. The molecule has 0 unspecified atom stereocenters. The lowest BCUT2D eigenvalue weighted by Crippen LogP contribution is -2.09. The van der Waals surface area contributed by atoms with Gasteiger partial charge in [-0.1, -0.05) is 35.9 Å². The minimum Gasteiger partial charge on any atom is -0.392 e. The maximum atomic E-state index is 9.04. The Morgan fingerprint density at radius 3 is 2.67 bits per heavy atom. The van der Waals surface area contributed by atoms with Crippen molar-refractivity contribution in [1.29, 1.82) is 0 Å². The Bertz CT molecular complexity index is 769. The molecule has 0 fully saturated rings. The van der Waals surface area contributed by atoms with E-state index in [4.69, 9.17) is 16.7 Å². The van der Waals surface area contributed by atoms with Crippen LogP contribution in [0.2, 0.25) is 5.15 Å². The number of aromatic nitrogens is 4. The van der Waals surface area contributed by atoms with E-state index >= 15 is 0 Å². The van der Waals surface area contributed by atoms with Crippen molar-refractivity contribution in [2.24, 2.45) is 0 Å². The molecule has 0 aliphatic carbocycles. The summed E-state index contributed by atoms with van der Waals surface area (Å²) in [5.74, 6) is 1.23. The molecule has 0 spiro atoms. The molecule has 0 amide bonds. The number of rotatable bonds is 4. The number of nitrogens with zero attached hydrogens (tertiary/aromatic N) is 4. The number of anilines is 1. The predicted molar refractivity (Wildman–Crippen MR) is 80.2 cm³/mol. The van der Waals surface area contributed by atoms with E-state index in [0.29, 0.717) is 17.5 Å². The molecule has 6 nitrogen and oxygen atoms in total. The standard InChI is InChI=1S/C14H14ClN5O/c1-9-12(15)19-14-17-8-18-20(14)13(9)16-6-10-2-4-11(7-21)5-3-10/h2-5,8,16,21H,6-7H2,1H3. The minimum absolute atomic E-state index is 0.0480. The second-order valence-corrected chi connectivity index (χ2v) is 5.03. The average Bonchev–Trinajstić information content (AvgIpc) is 2.96. The van der Waals surface area contributed by atoms with E-state index in [-0.39, 0.29) is 6.61 Å². The van der Waals surface area contributed by atoms with Gasteiger partial charge in [-0.3, -0.25) is 0 Å². The van der Waals surface area contributed by atoms with Gasteiger partial charge in [0.25, 0.3) is 5.78 Å². The summed E-state index contributed by atoms with van der Waals surface area (Å²) in [4.78, 5) is 8.21. The number of aliphatic hydroxyl groups is 1. The molecular formula is C14H14ClN5O. The van der Waals surface area contributed by atoms with Gasteiger partial charge in [-0.05, 0) is 18.1 Å². The Kier molecular flexibility index (Phi) is 3.72. The molecule has 3 aromatic rings. The predicted octanol–water partition coefficient (Wildman–Crippen LogP) is 2.19. The highest BCUT2D eigenvalue weighted by Crippen LogP contribution is 2.22. The molecule has 108 valence electrons. The first-order valence-electron chi connectivity index (χ1n) is 6.47. The van der Waals surface area contributed by atoms with Crippen LogP contribution in [0.5, 0.6) is 0 Å². The zero-order valence-electron chi connectivity index (χ0n) is 11.4. The Balaban J connectivity index is 1.87. The molecule has 3 rings (SSSR count). The van der Waals surface area contributed by atoms with Crippen molar-refractivity contribution in [3.05, 3.63) is 52.4 Å². The van der Waals surface area contributed by atoms with Crippen LogP contribution in [0.25, 0.3) is 5.78 Å². The highest BCUT2D eigenvalue weighted by molar-refractivity contribution is 6.30. The van der Waals surface area contributed by atoms with Crippen LogP contribution < -0.4 is 5.32 Å². The van der Waals surface area contributed by atoms with Crippen molar-refractivity contribution >= 4 is 23.2 Å². The van der Waals surface area contributed by atoms with Gasteiger partial charge in [-0.25, -0.2) is 0 Å². The fraction of sp³-hybridized carbons (Fsp3) is 0.214. The van der Waals surface area contributed by atoms with Gasteiger partial charge in [0.2, 0.25) is 0 Å². The summed E-state index contributed by atoms with van der Waals surface area (Å²) in [6.45, 7) is 2.54. The third-order valence-corrected chi connectivity index (χ3v) is 3.64. The molecule has 0 atom stereocenters. The van der Waals surface area contributed by atoms with Crippen molar-refractivity contribution in [1.82, 2.24) is 19.6 Å². The van der Waals surface area contributed by atoms with Crippen molar-refractivity contribution in [3.8, 4) is 0 Å². The van der Waals surface area contributed by atoms with Gasteiger partial charge in [0.1, 0.15) is 17.3 Å². The topological polar surface area (TPSA) is 75.3 Å². The number of halogens is 1. The van der Waals surface area contributed by atoms with E-state index < -0.39 is 0 Å². The molecule has 21 heavy (non-hydrogen) atoms. The summed E-state index contributed by atoms with van der Waals surface area (Å²) in [7, 11) is 0. The van der Waals surface area contributed by atoms with Crippen LogP contribution in [-0.2, 0) is 13.2 Å². The van der Waals surface area contributed by atoms with Gasteiger partial charge in [0, 0.05) is 12.1 Å². The fourth-order valence-corrected chi connectivity index (χ4v) is 2.22. The van der Waals surface area contributed by atoms with Gasteiger partial charge < -0.3 is 10.4 Å². The smallest absolute Gasteiger partial charge is 0.255 e. The number of hydrogen-bond acceptors (Lipinski definition) is 5. The van der Waals surface area contributed by atoms with Crippen LogP contribution in [0.1, 0.15) is 16.7 Å². The zero-order chi connectivity index (χ0) is 14.8. The number of hydrogen-bond donors (Lipinski definition) is 2. The van der Waals surface area contributed by atoms with Crippen LogP contribution in [-0.4, -0.2) is 24.7 Å². The van der Waals surface area contributed by atoms with Gasteiger partial charge >= 0.3 is 0 Å². The summed E-state index contributed by atoms with van der Waals surface area (Å²) >= 11 is 6.11. The third-order valence-electron chi connectivity index (χ3n) is 3.27. The highest BCUT2D eigenvalue weighted by atomic mass is 35.5. The van der Waals surface area contributed by atoms with Gasteiger partial charge in [-0.2, -0.15) is 19.6 Å². The molecule has 0 radical (unpaired) electrons. The van der Waals surface area contributed by atoms with Gasteiger partial charge in [0.05, 0.1) is 6.61 Å². The fourth-order valence-electron chi connectivity index (χ4n) is 2.05. The van der Waals surface area contributed by atoms with Gasteiger partial charge in [-0.15, -0.1) is 0 Å². The van der Waals surface area contributed by atoms with Crippen LogP contribution in [0, 0.1) is 6.92 Å². The summed E-state index contributed by atoms with van der Waals surface area (Å²) in [5.41, 5.74) is 2.80. The Labute approximate surface area is 126 Å². The maximum Gasteiger partial charge on any atom is 0.255 e. The largest absolute Gasteiger partial charge is 0.392 e. The molecule has 2 heterocycles. The second-order valence-electron chi connectivity index (χ2n) is 4.68. The minimum atomic E-state index is 0.0480. The van der Waals surface area contributed by atoms with E-state index in [1.54, 1.807) is 4.52 Å². The van der Waals surface area contributed by atoms with Crippen LogP contribution in [0.4, 0.5) is 5.82 Å². The summed E-state index contributed by atoms with van der Waals surface area (Å²) in [6.07, 6.45) is 1.44. The molecule has 0 saturated heterocycles. The van der Waals surface area contributed by atoms with Gasteiger partial charge in [0.15, 0.2) is 0 Å². The Morgan fingerprint density at radius 2 is 1.95 bits per heavy atom. The summed E-state index contributed by atoms with van der Waals surface area (Å²) in [5, 5.41) is 16.9. The summed E-state index contributed by atoms with van der Waals surface area (Å²) < 4.78 is 1.63. The van der Waals surface area contributed by atoms with E-state index in [1.807, 2.05) is 31.2 Å². The highest BCUT2D eigenvalue weighted by Gasteiger charge is 2.11. The third kappa shape index (κ3) is 2.68. The zero-order valence-corrected chi connectivity index (χ0v) is 12.2. The maximum absolute atomic E-state index is 9.04. The van der Waals surface area contributed by atoms with Crippen molar-refractivity contribution in [3.63, 3.8) is 0 Å². The quantitative estimate of drug-likeness (QED) is 0.723. The van der Waals surface area contributed by atoms with E-state index in [0.717, 1.165) is 22.5 Å². The first kappa shape index (κ1) is 13.8.